The molecule has 0 amide bonds. The van der Waals surface area contributed by atoms with Gasteiger partial charge in [-0.05, 0) is 37.1 Å². The molecule has 0 radical (unpaired) electrons. The number of rotatable bonds is 3. The predicted octanol–water partition coefficient (Wildman–Crippen LogP) is 3.42. The van der Waals surface area contributed by atoms with E-state index >= 15 is 0 Å². The Kier molecular flexibility index (Phi) is 4.06. The van der Waals surface area contributed by atoms with Gasteiger partial charge in [0.05, 0.1) is 7.11 Å². The molecule has 0 spiro atoms. The summed E-state index contributed by atoms with van der Waals surface area (Å²) in [6, 6.07) is 14.1. The maximum absolute atomic E-state index is 5.50. The lowest BCUT2D eigenvalue weighted by atomic mass is 9.98. The summed E-state index contributed by atoms with van der Waals surface area (Å²) < 4.78 is 5.50. The van der Waals surface area contributed by atoms with Gasteiger partial charge in [0.2, 0.25) is 0 Å². The predicted molar refractivity (Wildman–Crippen MR) is 97.7 cm³/mol. The number of anilines is 1. The molecule has 0 bridgehead atoms. The van der Waals surface area contributed by atoms with Gasteiger partial charge in [-0.3, -0.25) is 4.98 Å². The third kappa shape index (κ3) is 3.05. The van der Waals surface area contributed by atoms with Crippen LogP contribution >= 0.6 is 0 Å². The van der Waals surface area contributed by atoms with Crippen LogP contribution in [0.4, 0.5) is 5.82 Å². The van der Waals surface area contributed by atoms with Gasteiger partial charge in [-0.1, -0.05) is 18.2 Å². The number of nitrogens with zero attached hydrogens (tertiary/aromatic N) is 4. The Morgan fingerprint density at radius 2 is 2.00 bits per heavy atom. The Morgan fingerprint density at radius 3 is 2.80 bits per heavy atom. The van der Waals surface area contributed by atoms with Crippen LogP contribution in [-0.4, -0.2) is 28.6 Å². The van der Waals surface area contributed by atoms with Crippen molar-refractivity contribution in [2.75, 3.05) is 18.6 Å². The number of aryl methyl sites for hydroxylation is 1. The lowest BCUT2D eigenvalue weighted by Crippen LogP contribution is -2.31. The number of aromatic nitrogens is 3. The van der Waals surface area contributed by atoms with Crippen LogP contribution in [0.25, 0.3) is 11.5 Å². The average molecular weight is 332 g/mol. The first kappa shape index (κ1) is 15.6. The van der Waals surface area contributed by atoms with Crippen LogP contribution in [0, 0.1) is 6.92 Å². The molecule has 5 nitrogen and oxygen atoms in total. The standard InChI is InChI=1S/C20H20N4O/c1-14-12-19(23-20(22-14)17-7-3-4-10-21-17)24-11-9-16-15(13-24)6-5-8-18(16)25-2/h3-8,10,12H,9,11,13H2,1-2H3. The molecule has 1 aliphatic heterocycles. The molecular weight excluding hydrogens is 312 g/mol. The van der Waals surface area contributed by atoms with Gasteiger partial charge in [-0.15, -0.1) is 0 Å². The number of benzene rings is 1. The lowest BCUT2D eigenvalue weighted by Gasteiger charge is -2.31. The van der Waals surface area contributed by atoms with Crippen LogP contribution in [0.5, 0.6) is 5.75 Å². The van der Waals surface area contributed by atoms with E-state index in [1.165, 1.54) is 11.1 Å². The third-order valence-corrected chi connectivity index (χ3v) is 4.50. The minimum absolute atomic E-state index is 0.673. The molecule has 126 valence electrons. The van der Waals surface area contributed by atoms with Crippen LogP contribution in [-0.2, 0) is 13.0 Å². The molecule has 0 unspecified atom stereocenters. The van der Waals surface area contributed by atoms with E-state index in [9.17, 15) is 0 Å². The van der Waals surface area contributed by atoms with Gasteiger partial charge in [0.1, 0.15) is 17.3 Å². The summed E-state index contributed by atoms with van der Waals surface area (Å²) in [5.74, 6) is 2.60. The Morgan fingerprint density at radius 1 is 1.08 bits per heavy atom. The second-order valence-corrected chi connectivity index (χ2v) is 6.18. The van der Waals surface area contributed by atoms with E-state index in [0.717, 1.165) is 42.5 Å². The topological polar surface area (TPSA) is 51.1 Å². The summed E-state index contributed by atoms with van der Waals surface area (Å²) in [5, 5.41) is 0. The van der Waals surface area contributed by atoms with E-state index < -0.39 is 0 Å². The van der Waals surface area contributed by atoms with Crippen molar-refractivity contribution in [3.63, 3.8) is 0 Å². The minimum Gasteiger partial charge on any atom is -0.496 e. The SMILES string of the molecule is COc1cccc2c1CCN(c1cc(C)nc(-c3ccccn3)n1)C2. The van der Waals surface area contributed by atoms with Gasteiger partial charge >= 0.3 is 0 Å². The van der Waals surface area contributed by atoms with Crippen LogP contribution in [0.2, 0.25) is 0 Å². The zero-order chi connectivity index (χ0) is 17.2. The monoisotopic (exact) mass is 332 g/mol. The van der Waals surface area contributed by atoms with Crippen molar-refractivity contribution in [2.24, 2.45) is 0 Å². The van der Waals surface area contributed by atoms with Crippen molar-refractivity contribution in [3.8, 4) is 17.3 Å². The molecule has 5 heteroatoms. The molecule has 25 heavy (non-hydrogen) atoms. The van der Waals surface area contributed by atoms with Crippen LogP contribution in [0.1, 0.15) is 16.8 Å². The largest absolute Gasteiger partial charge is 0.496 e. The molecule has 0 saturated heterocycles. The molecule has 2 aromatic heterocycles. The highest BCUT2D eigenvalue weighted by Gasteiger charge is 2.21. The molecule has 0 saturated carbocycles. The van der Waals surface area contributed by atoms with Crippen molar-refractivity contribution in [2.45, 2.75) is 19.9 Å². The molecule has 3 aromatic rings. The fraction of sp³-hybridized carbons (Fsp3) is 0.250. The summed E-state index contributed by atoms with van der Waals surface area (Å²) >= 11 is 0. The number of hydrogen-bond acceptors (Lipinski definition) is 5. The number of hydrogen-bond donors (Lipinski definition) is 0. The Bertz CT molecular complexity index is 895. The smallest absolute Gasteiger partial charge is 0.180 e. The Hall–Kier alpha value is -2.95. The van der Waals surface area contributed by atoms with Crippen molar-refractivity contribution < 1.29 is 4.74 Å². The Balaban J connectivity index is 1.68. The van der Waals surface area contributed by atoms with Crippen LogP contribution in [0.15, 0.2) is 48.7 Å². The van der Waals surface area contributed by atoms with Crippen molar-refractivity contribution in [3.05, 3.63) is 65.5 Å². The van der Waals surface area contributed by atoms with Crippen LogP contribution < -0.4 is 9.64 Å². The first-order valence-corrected chi connectivity index (χ1v) is 8.41. The summed E-state index contributed by atoms with van der Waals surface area (Å²) in [7, 11) is 1.73. The third-order valence-electron chi connectivity index (χ3n) is 4.50. The first-order valence-electron chi connectivity index (χ1n) is 8.41. The molecule has 4 rings (SSSR count). The van der Waals surface area contributed by atoms with Gasteiger partial charge in [-0.25, -0.2) is 9.97 Å². The molecule has 0 aliphatic carbocycles. The maximum Gasteiger partial charge on any atom is 0.180 e. The van der Waals surface area contributed by atoms with Gasteiger partial charge < -0.3 is 9.64 Å². The van der Waals surface area contributed by atoms with E-state index in [0.29, 0.717) is 5.82 Å². The van der Waals surface area contributed by atoms with Crippen molar-refractivity contribution in [1.82, 2.24) is 15.0 Å². The highest BCUT2D eigenvalue weighted by molar-refractivity contribution is 5.55. The van der Waals surface area contributed by atoms with E-state index in [4.69, 9.17) is 9.72 Å². The zero-order valence-corrected chi connectivity index (χ0v) is 14.4. The van der Waals surface area contributed by atoms with E-state index in [1.54, 1.807) is 13.3 Å². The lowest BCUT2D eigenvalue weighted by molar-refractivity contribution is 0.407. The fourth-order valence-electron chi connectivity index (χ4n) is 3.28. The fourth-order valence-corrected chi connectivity index (χ4v) is 3.28. The van der Waals surface area contributed by atoms with Gasteiger partial charge in [-0.2, -0.15) is 0 Å². The Labute approximate surface area is 147 Å². The number of pyridine rings is 1. The molecular formula is C20H20N4O. The van der Waals surface area contributed by atoms with E-state index in [-0.39, 0.29) is 0 Å². The molecule has 1 aliphatic rings. The highest BCUT2D eigenvalue weighted by atomic mass is 16.5. The zero-order valence-electron chi connectivity index (χ0n) is 14.4. The number of fused-ring (bicyclic) bond motifs is 1. The summed E-state index contributed by atoms with van der Waals surface area (Å²) in [5.41, 5.74) is 4.34. The molecule has 0 fully saturated rings. The maximum atomic E-state index is 5.50. The van der Waals surface area contributed by atoms with Crippen molar-refractivity contribution >= 4 is 5.82 Å². The molecule has 0 atom stereocenters. The molecule has 3 heterocycles. The first-order chi connectivity index (χ1) is 12.2. The normalized spacial score (nSPS) is 13.4. The molecule has 1 aromatic carbocycles. The summed E-state index contributed by atoms with van der Waals surface area (Å²) in [6.07, 6.45) is 2.71. The summed E-state index contributed by atoms with van der Waals surface area (Å²) in [6.45, 7) is 3.73. The quantitative estimate of drug-likeness (QED) is 0.735. The number of ether oxygens (including phenoxy) is 1. The average Bonchev–Trinajstić information content (AvgIpc) is 2.67. The van der Waals surface area contributed by atoms with Gasteiger partial charge in [0.25, 0.3) is 0 Å². The minimum atomic E-state index is 0.673. The van der Waals surface area contributed by atoms with E-state index in [1.807, 2.05) is 43.3 Å². The molecule has 0 N–H and O–H groups in total. The highest BCUT2D eigenvalue weighted by Crippen LogP contribution is 2.30. The van der Waals surface area contributed by atoms with Crippen molar-refractivity contribution in [1.29, 1.82) is 0 Å². The summed E-state index contributed by atoms with van der Waals surface area (Å²) in [4.78, 5) is 16.0. The van der Waals surface area contributed by atoms with E-state index in [2.05, 4.69) is 20.9 Å². The van der Waals surface area contributed by atoms with Gasteiger partial charge in [0, 0.05) is 36.6 Å². The second-order valence-electron chi connectivity index (χ2n) is 6.18. The second kappa shape index (κ2) is 6.51. The van der Waals surface area contributed by atoms with Crippen LogP contribution in [0.3, 0.4) is 0 Å². The van der Waals surface area contributed by atoms with Gasteiger partial charge in [0.15, 0.2) is 5.82 Å². The number of methoxy groups -OCH3 is 1.